The van der Waals surface area contributed by atoms with Gasteiger partial charge in [-0.15, -0.1) is 0 Å². The van der Waals surface area contributed by atoms with Gasteiger partial charge in [-0.2, -0.15) is 0 Å². The minimum atomic E-state index is 0.724. The van der Waals surface area contributed by atoms with Gasteiger partial charge in [-0.1, -0.05) is 19.8 Å². The third-order valence-electron chi connectivity index (χ3n) is 3.53. The Morgan fingerprint density at radius 3 is 2.41 bits per heavy atom. The number of ether oxygens (including phenoxy) is 1. The molecule has 0 bridgehead atoms. The summed E-state index contributed by atoms with van der Waals surface area (Å²) in [6.07, 6.45) is 6.45. The summed E-state index contributed by atoms with van der Waals surface area (Å²) < 4.78 is 5.15. The van der Waals surface area contributed by atoms with E-state index in [9.17, 15) is 0 Å². The third kappa shape index (κ3) is 3.09. The van der Waals surface area contributed by atoms with Crippen molar-refractivity contribution in [1.82, 2.24) is 0 Å². The maximum atomic E-state index is 5.15. The Balaban J connectivity index is 2.13. The highest BCUT2D eigenvalue weighted by Gasteiger charge is 2.19. The lowest BCUT2D eigenvalue weighted by molar-refractivity contribution is 0.415. The molecule has 0 spiro atoms. The Labute approximate surface area is 104 Å². The van der Waals surface area contributed by atoms with Crippen LogP contribution in [0.3, 0.4) is 0 Å². The topological polar surface area (TPSA) is 21.6 Å². The first-order valence-corrected chi connectivity index (χ1v) is 6.55. The Hall–Kier alpha value is -1.31. The lowest BCUT2D eigenvalue weighted by atomic mass is 9.99. The van der Waals surface area contributed by atoms with Crippen LogP contribution in [-0.2, 0) is 0 Å². The van der Waals surface area contributed by atoms with Crippen molar-refractivity contribution < 1.29 is 4.74 Å². The summed E-state index contributed by atoms with van der Waals surface area (Å²) in [5, 5.41) is 0. The second-order valence-corrected chi connectivity index (χ2v) is 4.64. The van der Waals surface area contributed by atoms with Gasteiger partial charge in [0.25, 0.3) is 0 Å². The zero-order valence-electron chi connectivity index (χ0n) is 10.8. The van der Waals surface area contributed by atoms with Crippen molar-refractivity contribution in [2.75, 3.05) is 7.11 Å². The molecule has 0 N–H and O–H groups in total. The number of aliphatic imine (C=N–C) groups is 1. The molecule has 2 heteroatoms. The zero-order chi connectivity index (χ0) is 12.1. The fourth-order valence-electron chi connectivity index (χ4n) is 2.54. The van der Waals surface area contributed by atoms with Crippen molar-refractivity contribution >= 4 is 11.4 Å². The minimum absolute atomic E-state index is 0.724. The molecule has 92 valence electrons. The standard InChI is InChI=1S/C15H21NO/c1-3-15(12-6-4-5-7-12)16-13-8-10-14(17-2)11-9-13/h8-12H,3-7H2,1-2H3. The van der Waals surface area contributed by atoms with Crippen molar-refractivity contribution in [2.24, 2.45) is 10.9 Å². The van der Waals surface area contributed by atoms with Crippen LogP contribution in [0.25, 0.3) is 0 Å². The van der Waals surface area contributed by atoms with E-state index in [1.54, 1.807) is 7.11 Å². The van der Waals surface area contributed by atoms with Crippen LogP contribution in [0.1, 0.15) is 39.0 Å². The highest BCUT2D eigenvalue weighted by molar-refractivity contribution is 5.89. The van der Waals surface area contributed by atoms with Crippen molar-refractivity contribution in [2.45, 2.75) is 39.0 Å². The summed E-state index contributed by atoms with van der Waals surface area (Å²) in [4.78, 5) is 4.80. The molecule has 1 saturated carbocycles. The molecule has 1 fully saturated rings. The van der Waals surface area contributed by atoms with Gasteiger partial charge in [-0.25, -0.2) is 0 Å². The minimum Gasteiger partial charge on any atom is -0.497 e. The van der Waals surface area contributed by atoms with Crippen molar-refractivity contribution in [3.8, 4) is 5.75 Å². The Morgan fingerprint density at radius 2 is 1.88 bits per heavy atom. The molecule has 0 heterocycles. The van der Waals surface area contributed by atoms with E-state index in [0.29, 0.717) is 0 Å². The SMILES string of the molecule is CCC(=Nc1ccc(OC)cc1)C1CCCC1. The molecule has 2 rings (SSSR count). The molecule has 1 aromatic carbocycles. The summed E-state index contributed by atoms with van der Waals surface area (Å²) in [7, 11) is 1.69. The number of rotatable bonds is 4. The van der Waals surface area contributed by atoms with Gasteiger partial charge in [0.15, 0.2) is 0 Å². The molecule has 2 nitrogen and oxygen atoms in total. The van der Waals surface area contributed by atoms with E-state index in [4.69, 9.17) is 9.73 Å². The Bertz CT molecular complexity index is 374. The number of nitrogens with zero attached hydrogens (tertiary/aromatic N) is 1. The molecule has 0 amide bonds. The average Bonchev–Trinajstić information content (AvgIpc) is 2.90. The van der Waals surface area contributed by atoms with Gasteiger partial charge in [0, 0.05) is 5.71 Å². The molecule has 0 radical (unpaired) electrons. The van der Waals surface area contributed by atoms with Crippen LogP contribution < -0.4 is 4.74 Å². The Kier molecular flexibility index (Phi) is 4.18. The molecule has 17 heavy (non-hydrogen) atoms. The van der Waals surface area contributed by atoms with Crippen LogP contribution in [0, 0.1) is 5.92 Å². The van der Waals surface area contributed by atoms with Crippen LogP contribution in [0.2, 0.25) is 0 Å². The van der Waals surface area contributed by atoms with E-state index in [1.807, 2.05) is 24.3 Å². The maximum Gasteiger partial charge on any atom is 0.119 e. The van der Waals surface area contributed by atoms with Gasteiger partial charge >= 0.3 is 0 Å². The molecule has 1 aromatic rings. The summed E-state index contributed by atoms with van der Waals surface area (Å²) in [5.41, 5.74) is 2.42. The highest BCUT2D eigenvalue weighted by Crippen LogP contribution is 2.29. The number of methoxy groups -OCH3 is 1. The first-order chi connectivity index (χ1) is 8.33. The van der Waals surface area contributed by atoms with E-state index < -0.39 is 0 Å². The van der Waals surface area contributed by atoms with Crippen molar-refractivity contribution in [3.05, 3.63) is 24.3 Å². The van der Waals surface area contributed by atoms with Crippen LogP contribution in [0.15, 0.2) is 29.3 Å². The summed E-state index contributed by atoms with van der Waals surface area (Å²) >= 11 is 0. The normalized spacial score (nSPS) is 17.4. The molecule has 0 saturated heterocycles. The smallest absolute Gasteiger partial charge is 0.119 e. The van der Waals surface area contributed by atoms with Crippen LogP contribution >= 0.6 is 0 Å². The number of hydrogen-bond donors (Lipinski definition) is 0. The van der Waals surface area contributed by atoms with Gasteiger partial charge in [-0.05, 0) is 49.4 Å². The molecular weight excluding hydrogens is 210 g/mol. The van der Waals surface area contributed by atoms with Crippen LogP contribution in [-0.4, -0.2) is 12.8 Å². The molecule has 1 aliphatic carbocycles. The second-order valence-electron chi connectivity index (χ2n) is 4.64. The van der Waals surface area contributed by atoms with Crippen LogP contribution in [0.5, 0.6) is 5.75 Å². The van der Waals surface area contributed by atoms with Gasteiger partial charge in [-0.3, -0.25) is 4.99 Å². The van der Waals surface area contributed by atoms with E-state index in [2.05, 4.69) is 6.92 Å². The highest BCUT2D eigenvalue weighted by atomic mass is 16.5. The van der Waals surface area contributed by atoms with Crippen molar-refractivity contribution in [3.63, 3.8) is 0 Å². The third-order valence-corrected chi connectivity index (χ3v) is 3.53. The summed E-state index contributed by atoms with van der Waals surface area (Å²) in [5.74, 6) is 1.62. The maximum absolute atomic E-state index is 5.15. The number of hydrogen-bond acceptors (Lipinski definition) is 2. The van der Waals surface area contributed by atoms with E-state index in [1.165, 1.54) is 31.4 Å². The first-order valence-electron chi connectivity index (χ1n) is 6.55. The largest absolute Gasteiger partial charge is 0.497 e. The van der Waals surface area contributed by atoms with E-state index >= 15 is 0 Å². The van der Waals surface area contributed by atoms with Gasteiger partial charge < -0.3 is 4.74 Å². The number of benzene rings is 1. The van der Waals surface area contributed by atoms with Crippen molar-refractivity contribution in [1.29, 1.82) is 0 Å². The Morgan fingerprint density at radius 1 is 1.24 bits per heavy atom. The predicted octanol–water partition coefficient (Wildman–Crippen LogP) is 4.37. The fourth-order valence-corrected chi connectivity index (χ4v) is 2.54. The quantitative estimate of drug-likeness (QED) is 0.705. The molecule has 0 atom stereocenters. The first kappa shape index (κ1) is 12.2. The lowest BCUT2D eigenvalue weighted by Gasteiger charge is -2.11. The average molecular weight is 231 g/mol. The lowest BCUT2D eigenvalue weighted by Crippen LogP contribution is -2.09. The second kappa shape index (κ2) is 5.85. The van der Waals surface area contributed by atoms with Gasteiger partial charge in [0.2, 0.25) is 0 Å². The zero-order valence-corrected chi connectivity index (χ0v) is 10.8. The molecule has 0 aliphatic heterocycles. The molecule has 0 aromatic heterocycles. The molecular formula is C15H21NO. The summed E-state index contributed by atoms with van der Waals surface area (Å²) in [6.45, 7) is 2.21. The van der Waals surface area contributed by atoms with Gasteiger partial charge in [0.1, 0.15) is 5.75 Å². The summed E-state index contributed by atoms with van der Waals surface area (Å²) in [6, 6.07) is 8.01. The monoisotopic (exact) mass is 231 g/mol. The van der Waals surface area contributed by atoms with E-state index in [0.717, 1.165) is 23.8 Å². The predicted molar refractivity (Wildman–Crippen MR) is 72.3 cm³/mol. The molecule has 1 aliphatic rings. The molecule has 0 unspecified atom stereocenters. The van der Waals surface area contributed by atoms with Gasteiger partial charge in [0.05, 0.1) is 12.8 Å². The fraction of sp³-hybridized carbons (Fsp3) is 0.533. The van der Waals surface area contributed by atoms with E-state index in [-0.39, 0.29) is 0 Å². The van der Waals surface area contributed by atoms with Crippen LogP contribution in [0.4, 0.5) is 5.69 Å².